The number of aliphatic hydroxyl groups excluding tert-OH is 1. The average molecular weight is 302 g/mol. The molecule has 8 heteroatoms. The predicted octanol–water partition coefficient (Wildman–Crippen LogP) is 1.26. The minimum absolute atomic E-state index is 0.0223. The van der Waals surface area contributed by atoms with Crippen LogP contribution in [0.1, 0.15) is 24.0 Å². The van der Waals surface area contributed by atoms with Gasteiger partial charge < -0.3 is 5.11 Å². The summed E-state index contributed by atoms with van der Waals surface area (Å²) < 4.78 is 26.5. The molecule has 0 saturated carbocycles. The van der Waals surface area contributed by atoms with Crippen LogP contribution >= 0.6 is 0 Å². The van der Waals surface area contributed by atoms with Gasteiger partial charge in [0.1, 0.15) is 0 Å². The molecular weight excluding hydrogens is 284 g/mol. The van der Waals surface area contributed by atoms with Gasteiger partial charge in [-0.3, -0.25) is 10.1 Å². The highest BCUT2D eigenvalue weighted by Crippen LogP contribution is 2.27. The molecule has 0 amide bonds. The molecule has 0 atom stereocenters. The second-order valence-electron chi connectivity index (χ2n) is 4.49. The Morgan fingerprint density at radius 3 is 2.40 bits per heavy atom. The van der Waals surface area contributed by atoms with E-state index in [4.69, 9.17) is 5.11 Å². The molecule has 1 rings (SSSR count). The molecule has 0 aliphatic rings. The smallest absolute Gasteiger partial charge is 0.289 e. The Morgan fingerprint density at radius 1 is 1.25 bits per heavy atom. The van der Waals surface area contributed by atoms with Crippen molar-refractivity contribution in [3.05, 3.63) is 33.4 Å². The molecule has 0 aromatic heterocycles. The van der Waals surface area contributed by atoms with Crippen molar-refractivity contribution >= 4 is 15.7 Å². The van der Waals surface area contributed by atoms with E-state index in [0.29, 0.717) is 24.0 Å². The van der Waals surface area contributed by atoms with Gasteiger partial charge in [0.15, 0.2) is 4.90 Å². The Morgan fingerprint density at radius 2 is 1.85 bits per heavy atom. The van der Waals surface area contributed by atoms with Gasteiger partial charge in [0.2, 0.25) is 10.0 Å². The fraction of sp³-hybridized carbons (Fsp3) is 0.500. The van der Waals surface area contributed by atoms with Gasteiger partial charge in [-0.1, -0.05) is 0 Å². The molecule has 0 aliphatic carbocycles. The van der Waals surface area contributed by atoms with Crippen LogP contribution in [0.15, 0.2) is 17.0 Å². The number of hydrogen-bond acceptors (Lipinski definition) is 5. The lowest BCUT2D eigenvalue weighted by molar-refractivity contribution is -0.387. The van der Waals surface area contributed by atoms with Gasteiger partial charge in [0.25, 0.3) is 5.69 Å². The first-order valence-corrected chi connectivity index (χ1v) is 7.64. The van der Waals surface area contributed by atoms with Crippen molar-refractivity contribution < 1.29 is 18.4 Å². The molecular formula is C12H18N2O5S. The first-order valence-electron chi connectivity index (χ1n) is 6.15. The maximum absolute atomic E-state index is 12.1. The quantitative estimate of drug-likeness (QED) is 0.447. The summed E-state index contributed by atoms with van der Waals surface area (Å²) in [5.41, 5.74) is 0.907. The number of benzene rings is 1. The van der Waals surface area contributed by atoms with Crippen LogP contribution in [0, 0.1) is 24.0 Å². The number of nitrogens with one attached hydrogen (secondary N) is 1. The predicted molar refractivity (Wildman–Crippen MR) is 74.1 cm³/mol. The van der Waals surface area contributed by atoms with Crippen molar-refractivity contribution in [3.8, 4) is 0 Å². The number of aliphatic hydroxyl groups is 1. The largest absolute Gasteiger partial charge is 0.396 e. The number of sulfonamides is 1. The Hall–Kier alpha value is -1.51. The maximum atomic E-state index is 12.1. The zero-order valence-electron chi connectivity index (χ0n) is 11.4. The fourth-order valence-electron chi connectivity index (χ4n) is 1.65. The average Bonchev–Trinajstić information content (AvgIpc) is 2.37. The van der Waals surface area contributed by atoms with Crippen molar-refractivity contribution in [2.75, 3.05) is 13.2 Å². The first kappa shape index (κ1) is 16.5. The van der Waals surface area contributed by atoms with Crippen LogP contribution < -0.4 is 4.72 Å². The SMILES string of the molecule is Cc1cc([N+](=O)[O-])c(S(=O)(=O)NCCCCO)cc1C. The molecule has 20 heavy (non-hydrogen) atoms. The van der Waals surface area contributed by atoms with Crippen molar-refractivity contribution in [3.63, 3.8) is 0 Å². The maximum Gasteiger partial charge on any atom is 0.289 e. The highest BCUT2D eigenvalue weighted by Gasteiger charge is 2.26. The normalized spacial score (nSPS) is 11.6. The third kappa shape index (κ3) is 3.99. The van der Waals surface area contributed by atoms with E-state index in [2.05, 4.69) is 4.72 Å². The Kier molecular flexibility index (Phi) is 5.61. The second kappa shape index (κ2) is 6.78. The Balaban J connectivity index is 3.10. The van der Waals surface area contributed by atoms with Gasteiger partial charge in [-0.05, 0) is 43.9 Å². The van der Waals surface area contributed by atoms with E-state index in [0.717, 1.165) is 0 Å². The third-order valence-electron chi connectivity index (χ3n) is 2.94. The van der Waals surface area contributed by atoms with E-state index in [9.17, 15) is 18.5 Å². The molecule has 0 bridgehead atoms. The molecule has 1 aromatic rings. The van der Waals surface area contributed by atoms with Crippen LogP contribution in [0.4, 0.5) is 5.69 Å². The van der Waals surface area contributed by atoms with E-state index in [-0.39, 0.29) is 18.0 Å². The highest BCUT2D eigenvalue weighted by molar-refractivity contribution is 7.89. The number of unbranched alkanes of at least 4 members (excludes halogenated alkanes) is 1. The number of nitro benzene ring substituents is 1. The fourth-order valence-corrected chi connectivity index (χ4v) is 2.96. The van der Waals surface area contributed by atoms with Crippen molar-refractivity contribution in [2.24, 2.45) is 0 Å². The number of nitro groups is 1. The van der Waals surface area contributed by atoms with Gasteiger partial charge in [0.05, 0.1) is 4.92 Å². The van der Waals surface area contributed by atoms with Crippen molar-refractivity contribution in [1.82, 2.24) is 4.72 Å². The molecule has 0 aliphatic heterocycles. The molecule has 7 nitrogen and oxygen atoms in total. The summed E-state index contributed by atoms with van der Waals surface area (Å²) in [5.74, 6) is 0. The molecule has 0 saturated heterocycles. The van der Waals surface area contributed by atoms with Crippen LogP contribution in [0.2, 0.25) is 0 Å². The lowest BCUT2D eigenvalue weighted by Gasteiger charge is -2.09. The minimum atomic E-state index is -3.93. The summed E-state index contributed by atoms with van der Waals surface area (Å²) in [6.07, 6.45) is 0.936. The van der Waals surface area contributed by atoms with E-state index < -0.39 is 20.6 Å². The van der Waals surface area contributed by atoms with Gasteiger partial charge >= 0.3 is 0 Å². The van der Waals surface area contributed by atoms with Crippen molar-refractivity contribution in [2.45, 2.75) is 31.6 Å². The summed E-state index contributed by atoms with van der Waals surface area (Å²) in [5, 5.41) is 19.6. The molecule has 112 valence electrons. The van der Waals surface area contributed by atoms with Crippen LogP contribution in [-0.2, 0) is 10.0 Å². The zero-order chi connectivity index (χ0) is 15.3. The van der Waals surface area contributed by atoms with E-state index in [1.165, 1.54) is 12.1 Å². The van der Waals surface area contributed by atoms with Crippen LogP contribution in [0.3, 0.4) is 0 Å². The molecule has 0 fully saturated rings. The molecule has 0 radical (unpaired) electrons. The number of rotatable bonds is 7. The van der Waals surface area contributed by atoms with Crippen LogP contribution in [0.25, 0.3) is 0 Å². The number of aryl methyl sites for hydroxylation is 2. The monoisotopic (exact) mass is 302 g/mol. The molecule has 1 aromatic carbocycles. The van der Waals surface area contributed by atoms with Crippen LogP contribution in [0.5, 0.6) is 0 Å². The summed E-state index contributed by atoms with van der Waals surface area (Å²) in [6, 6.07) is 2.57. The standard InChI is InChI=1S/C12H18N2O5S/c1-9-7-11(14(16)17)12(8-10(9)2)20(18,19)13-5-3-4-6-15/h7-8,13,15H,3-6H2,1-2H3. The van der Waals surface area contributed by atoms with Crippen LogP contribution in [-0.4, -0.2) is 31.6 Å². The lowest BCUT2D eigenvalue weighted by atomic mass is 10.1. The van der Waals surface area contributed by atoms with E-state index in [1.807, 2.05) is 0 Å². The van der Waals surface area contributed by atoms with Gasteiger partial charge in [0, 0.05) is 19.2 Å². The summed E-state index contributed by atoms with van der Waals surface area (Å²) >= 11 is 0. The minimum Gasteiger partial charge on any atom is -0.396 e. The highest BCUT2D eigenvalue weighted by atomic mass is 32.2. The Labute approximate surface area is 117 Å². The molecule has 2 N–H and O–H groups in total. The third-order valence-corrected chi connectivity index (χ3v) is 4.43. The van der Waals surface area contributed by atoms with Crippen molar-refractivity contribution in [1.29, 1.82) is 0 Å². The molecule has 0 unspecified atom stereocenters. The summed E-state index contributed by atoms with van der Waals surface area (Å²) in [4.78, 5) is 9.96. The van der Waals surface area contributed by atoms with Gasteiger partial charge in [-0.2, -0.15) is 0 Å². The number of nitrogens with zero attached hydrogens (tertiary/aromatic N) is 1. The van der Waals surface area contributed by atoms with E-state index in [1.54, 1.807) is 13.8 Å². The van der Waals surface area contributed by atoms with Gasteiger partial charge in [-0.15, -0.1) is 0 Å². The summed E-state index contributed by atoms with van der Waals surface area (Å²) in [6.45, 7) is 3.50. The summed E-state index contributed by atoms with van der Waals surface area (Å²) in [7, 11) is -3.93. The molecule has 0 spiro atoms. The lowest BCUT2D eigenvalue weighted by Crippen LogP contribution is -2.26. The Bertz CT molecular complexity index is 598. The zero-order valence-corrected chi connectivity index (χ0v) is 12.2. The topological polar surface area (TPSA) is 110 Å². The van der Waals surface area contributed by atoms with E-state index >= 15 is 0 Å². The first-order chi connectivity index (χ1) is 9.29. The second-order valence-corrected chi connectivity index (χ2v) is 6.23. The van der Waals surface area contributed by atoms with Gasteiger partial charge in [-0.25, -0.2) is 13.1 Å². The number of hydrogen-bond donors (Lipinski definition) is 2. The molecule has 0 heterocycles.